The molecule has 1 aliphatic carbocycles. The van der Waals surface area contributed by atoms with Crippen molar-refractivity contribution >= 4 is 11.6 Å². The van der Waals surface area contributed by atoms with Gasteiger partial charge in [-0.25, -0.2) is 0 Å². The van der Waals surface area contributed by atoms with Gasteiger partial charge >= 0.3 is 0 Å². The highest BCUT2D eigenvalue weighted by molar-refractivity contribution is 6.12. The van der Waals surface area contributed by atoms with Gasteiger partial charge in [-0.1, -0.05) is 20.3 Å². The summed E-state index contributed by atoms with van der Waals surface area (Å²) in [6, 6.07) is 0. The number of hydrogen-bond acceptors (Lipinski definition) is 2. The van der Waals surface area contributed by atoms with Crippen molar-refractivity contribution in [3.8, 4) is 0 Å². The van der Waals surface area contributed by atoms with Crippen molar-refractivity contribution in [2.45, 2.75) is 46.0 Å². The minimum absolute atomic E-state index is 0.178. The molecule has 68 valence electrons. The Balaban J connectivity index is 2.88. The van der Waals surface area contributed by atoms with Crippen LogP contribution in [0.3, 0.4) is 0 Å². The van der Waals surface area contributed by atoms with Gasteiger partial charge in [-0.15, -0.1) is 0 Å². The summed E-state index contributed by atoms with van der Waals surface area (Å²) in [6.45, 7) is 3.97. The first-order chi connectivity index (χ1) is 5.67. The molecule has 0 N–H and O–H groups in total. The first-order valence-corrected chi connectivity index (χ1v) is 4.74. The lowest BCUT2D eigenvalue weighted by Crippen LogP contribution is -2.31. The molecule has 0 bridgehead atoms. The molecule has 12 heavy (non-hydrogen) atoms. The number of hydrogen-bond donors (Lipinski definition) is 0. The molecule has 0 radical (unpaired) electrons. The van der Waals surface area contributed by atoms with Gasteiger partial charge in [0.2, 0.25) is 0 Å². The standard InChI is InChI=1S/C10H16O2/c1-3-7-10(4-2)8(11)5-6-9(10)12/h3-7H2,1-2H3. The summed E-state index contributed by atoms with van der Waals surface area (Å²) in [5.41, 5.74) is -0.575. The van der Waals surface area contributed by atoms with Crippen LogP contribution in [-0.4, -0.2) is 11.6 Å². The highest BCUT2D eigenvalue weighted by Crippen LogP contribution is 2.38. The van der Waals surface area contributed by atoms with E-state index in [0.29, 0.717) is 19.3 Å². The van der Waals surface area contributed by atoms with Crippen molar-refractivity contribution in [1.29, 1.82) is 0 Å². The fourth-order valence-electron chi connectivity index (χ4n) is 2.14. The highest BCUT2D eigenvalue weighted by Gasteiger charge is 2.46. The number of carbonyl (C=O) groups is 2. The Kier molecular flexibility index (Phi) is 2.65. The molecule has 0 unspecified atom stereocenters. The van der Waals surface area contributed by atoms with E-state index < -0.39 is 5.41 Å². The van der Waals surface area contributed by atoms with Crippen LogP contribution >= 0.6 is 0 Å². The molecule has 0 spiro atoms. The molecule has 0 aromatic carbocycles. The molecular formula is C10H16O2. The first-order valence-electron chi connectivity index (χ1n) is 4.74. The lowest BCUT2D eigenvalue weighted by Gasteiger charge is -2.22. The summed E-state index contributed by atoms with van der Waals surface area (Å²) < 4.78 is 0. The zero-order valence-electron chi connectivity index (χ0n) is 7.85. The maximum atomic E-state index is 11.5. The van der Waals surface area contributed by atoms with Crippen molar-refractivity contribution in [2.75, 3.05) is 0 Å². The predicted molar refractivity (Wildman–Crippen MR) is 46.9 cm³/mol. The summed E-state index contributed by atoms with van der Waals surface area (Å²) in [7, 11) is 0. The summed E-state index contributed by atoms with van der Waals surface area (Å²) in [5, 5.41) is 0. The Morgan fingerprint density at radius 2 is 1.67 bits per heavy atom. The van der Waals surface area contributed by atoms with Gasteiger partial charge in [0.05, 0.1) is 5.41 Å². The Morgan fingerprint density at radius 1 is 1.17 bits per heavy atom. The van der Waals surface area contributed by atoms with Crippen LogP contribution in [0.4, 0.5) is 0 Å². The van der Waals surface area contributed by atoms with Gasteiger partial charge in [0.1, 0.15) is 11.6 Å². The molecular weight excluding hydrogens is 152 g/mol. The molecule has 0 aliphatic heterocycles. The average molecular weight is 168 g/mol. The Morgan fingerprint density at radius 3 is 2.00 bits per heavy atom. The van der Waals surface area contributed by atoms with Crippen molar-refractivity contribution in [1.82, 2.24) is 0 Å². The molecule has 0 heterocycles. The quantitative estimate of drug-likeness (QED) is 0.605. The molecule has 1 fully saturated rings. The van der Waals surface area contributed by atoms with E-state index in [4.69, 9.17) is 0 Å². The molecule has 1 rings (SSSR count). The zero-order valence-corrected chi connectivity index (χ0v) is 7.85. The second-order valence-corrected chi connectivity index (χ2v) is 3.53. The number of ketones is 2. The lowest BCUT2D eigenvalue weighted by molar-refractivity contribution is -0.135. The van der Waals surface area contributed by atoms with Crippen LogP contribution in [0.25, 0.3) is 0 Å². The van der Waals surface area contributed by atoms with Gasteiger partial charge in [0.15, 0.2) is 0 Å². The monoisotopic (exact) mass is 168 g/mol. The molecule has 0 atom stereocenters. The van der Waals surface area contributed by atoms with Gasteiger partial charge in [-0.3, -0.25) is 9.59 Å². The van der Waals surface area contributed by atoms with Crippen LogP contribution in [0.2, 0.25) is 0 Å². The van der Waals surface area contributed by atoms with Gasteiger partial charge in [0.25, 0.3) is 0 Å². The van der Waals surface area contributed by atoms with Crippen molar-refractivity contribution in [3.05, 3.63) is 0 Å². The fraction of sp³-hybridized carbons (Fsp3) is 0.800. The van der Waals surface area contributed by atoms with Crippen LogP contribution in [0, 0.1) is 5.41 Å². The number of Topliss-reactive ketones (excluding diaryl/α,β-unsaturated/α-hetero) is 2. The van der Waals surface area contributed by atoms with E-state index in [-0.39, 0.29) is 11.6 Å². The normalized spacial score (nSPS) is 21.8. The minimum Gasteiger partial charge on any atom is -0.299 e. The van der Waals surface area contributed by atoms with Gasteiger partial charge in [-0.05, 0) is 12.8 Å². The van der Waals surface area contributed by atoms with Crippen LogP contribution in [-0.2, 0) is 9.59 Å². The zero-order chi connectivity index (χ0) is 9.19. The molecule has 2 nitrogen and oxygen atoms in total. The van der Waals surface area contributed by atoms with E-state index in [1.54, 1.807) is 0 Å². The molecule has 1 saturated carbocycles. The highest BCUT2D eigenvalue weighted by atomic mass is 16.2. The van der Waals surface area contributed by atoms with E-state index in [0.717, 1.165) is 12.8 Å². The Hall–Kier alpha value is -0.660. The molecule has 0 aromatic rings. The third-order valence-corrected chi connectivity index (χ3v) is 2.93. The van der Waals surface area contributed by atoms with Crippen molar-refractivity contribution in [2.24, 2.45) is 5.41 Å². The number of carbonyl (C=O) groups excluding carboxylic acids is 2. The first kappa shape index (κ1) is 9.43. The average Bonchev–Trinajstić information content (AvgIpc) is 2.33. The summed E-state index contributed by atoms with van der Waals surface area (Å²) in [5.74, 6) is 0.355. The van der Waals surface area contributed by atoms with Crippen LogP contribution < -0.4 is 0 Å². The smallest absolute Gasteiger partial charge is 0.146 e. The maximum absolute atomic E-state index is 11.5. The summed E-state index contributed by atoms with van der Waals surface area (Å²) >= 11 is 0. The Labute approximate surface area is 73.3 Å². The fourth-order valence-corrected chi connectivity index (χ4v) is 2.14. The second-order valence-electron chi connectivity index (χ2n) is 3.53. The lowest BCUT2D eigenvalue weighted by atomic mass is 9.78. The third-order valence-electron chi connectivity index (χ3n) is 2.93. The van der Waals surface area contributed by atoms with Crippen LogP contribution in [0.15, 0.2) is 0 Å². The topological polar surface area (TPSA) is 34.1 Å². The summed E-state index contributed by atoms with van der Waals surface area (Å²) in [6.07, 6.45) is 3.32. The van der Waals surface area contributed by atoms with E-state index in [2.05, 4.69) is 0 Å². The SMILES string of the molecule is CCCC1(CC)C(=O)CCC1=O. The van der Waals surface area contributed by atoms with E-state index in [1.807, 2.05) is 13.8 Å². The van der Waals surface area contributed by atoms with Gasteiger partial charge in [0, 0.05) is 12.8 Å². The van der Waals surface area contributed by atoms with E-state index in [9.17, 15) is 9.59 Å². The van der Waals surface area contributed by atoms with Crippen LogP contribution in [0.5, 0.6) is 0 Å². The van der Waals surface area contributed by atoms with Gasteiger partial charge < -0.3 is 0 Å². The molecule has 0 saturated heterocycles. The van der Waals surface area contributed by atoms with E-state index >= 15 is 0 Å². The molecule has 1 aliphatic rings. The maximum Gasteiger partial charge on any atom is 0.146 e. The molecule has 2 heteroatoms. The van der Waals surface area contributed by atoms with Crippen molar-refractivity contribution in [3.63, 3.8) is 0 Å². The minimum atomic E-state index is -0.575. The molecule has 0 amide bonds. The van der Waals surface area contributed by atoms with Gasteiger partial charge in [-0.2, -0.15) is 0 Å². The largest absolute Gasteiger partial charge is 0.299 e. The van der Waals surface area contributed by atoms with Crippen molar-refractivity contribution < 1.29 is 9.59 Å². The van der Waals surface area contributed by atoms with Crippen LogP contribution in [0.1, 0.15) is 46.0 Å². The second kappa shape index (κ2) is 3.38. The third kappa shape index (κ3) is 1.19. The molecule has 0 aromatic heterocycles. The van der Waals surface area contributed by atoms with E-state index in [1.165, 1.54) is 0 Å². The summed E-state index contributed by atoms with van der Waals surface area (Å²) in [4.78, 5) is 23.0. The Bertz CT molecular complexity index is 190. The predicted octanol–water partition coefficient (Wildman–Crippen LogP) is 2.11. The number of rotatable bonds is 3.